The molecule has 2 aliphatic carbocycles. The van der Waals surface area contributed by atoms with E-state index >= 15 is 0 Å². The Morgan fingerprint density at radius 2 is 1.80 bits per heavy atom. The van der Waals surface area contributed by atoms with Gasteiger partial charge in [0.2, 0.25) is 0 Å². The van der Waals surface area contributed by atoms with Crippen LogP contribution in [0.15, 0.2) is 0 Å². The Hall–Kier alpha value is -0.0800. The summed E-state index contributed by atoms with van der Waals surface area (Å²) < 4.78 is 0. The monoisotopic (exact) mass is 280 g/mol. The number of nitrogens with one attached hydrogen (secondary N) is 1. The summed E-state index contributed by atoms with van der Waals surface area (Å²) in [5.41, 5.74) is 0. The van der Waals surface area contributed by atoms with Gasteiger partial charge in [-0.15, -0.1) is 0 Å². The second-order valence-electron chi connectivity index (χ2n) is 7.42. The van der Waals surface area contributed by atoms with E-state index in [1.807, 2.05) is 0 Å². The molecule has 0 aliphatic heterocycles. The molecule has 0 aromatic rings. The molecule has 2 aliphatic rings. The van der Waals surface area contributed by atoms with Crippen molar-refractivity contribution in [2.45, 2.75) is 96.7 Å². The lowest BCUT2D eigenvalue weighted by molar-refractivity contribution is 0.132. The molecule has 0 aromatic carbocycles. The minimum atomic E-state index is 0.755. The van der Waals surface area contributed by atoms with Crippen molar-refractivity contribution in [3.05, 3.63) is 0 Å². The van der Waals surface area contributed by atoms with Gasteiger partial charge in [-0.1, -0.05) is 40.0 Å². The van der Waals surface area contributed by atoms with Crippen LogP contribution in [-0.2, 0) is 0 Å². The quantitative estimate of drug-likeness (QED) is 0.670. The lowest BCUT2D eigenvalue weighted by Gasteiger charge is -2.37. The lowest BCUT2D eigenvalue weighted by Crippen LogP contribution is -2.51. The maximum atomic E-state index is 3.87. The molecule has 1 N–H and O–H groups in total. The van der Waals surface area contributed by atoms with Crippen molar-refractivity contribution in [1.82, 2.24) is 10.2 Å². The molecule has 0 spiro atoms. The van der Waals surface area contributed by atoms with Crippen LogP contribution in [0.4, 0.5) is 0 Å². The van der Waals surface area contributed by atoms with Gasteiger partial charge >= 0.3 is 0 Å². The highest BCUT2D eigenvalue weighted by Crippen LogP contribution is 2.33. The van der Waals surface area contributed by atoms with Gasteiger partial charge in [-0.05, 0) is 57.5 Å². The zero-order valence-electron chi connectivity index (χ0n) is 14.0. The molecule has 20 heavy (non-hydrogen) atoms. The third kappa shape index (κ3) is 5.04. The Morgan fingerprint density at radius 3 is 2.45 bits per heavy atom. The van der Waals surface area contributed by atoms with Crippen molar-refractivity contribution < 1.29 is 0 Å². The number of hydrogen-bond donors (Lipinski definition) is 1. The largest absolute Gasteiger partial charge is 0.312 e. The fraction of sp³-hybridized carbons (Fsp3) is 1.00. The molecule has 0 saturated heterocycles. The highest BCUT2D eigenvalue weighted by atomic mass is 15.2. The van der Waals surface area contributed by atoms with Crippen LogP contribution in [-0.4, -0.2) is 36.1 Å². The van der Waals surface area contributed by atoms with Crippen molar-refractivity contribution in [3.8, 4) is 0 Å². The topological polar surface area (TPSA) is 15.3 Å². The normalized spacial score (nSPS) is 28.1. The van der Waals surface area contributed by atoms with E-state index in [1.165, 1.54) is 70.9 Å². The Kier molecular flexibility index (Phi) is 6.83. The molecule has 0 aromatic heterocycles. The van der Waals surface area contributed by atoms with Crippen LogP contribution in [0.1, 0.15) is 78.6 Å². The molecular formula is C18H36N2. The van der Waals surface area contributed by atoms with Crippen LogP contribution in [0, 0.1) is 5.92 Å². The fourth-order valence-corrected chi connectivity index (χ4v) is 3.69. The summed E-state index contributed by atoms with van der Waals surface area (Å²) in [5.74, 6) is 0.837. The SMILES string of the molecule is CCCNC1CCCCCC1N(CCC(C)C)C1CC1. The molecule has 2 heteroatoms. The van der Waals surface area contributed by atoms with Gasteiger partial charge in [-0.3, -0.25) is 4.90 Å². The smallest absolute Gasteiger partial charge is 0.0252 e. The average Bonchev–Trinajstić information content (AvgIpc) is 3.24. The van der Waals surface area contributed by atoms with Gasteiger partial charge < -0.3 is 5.32 Å². The summed E-state index contributed by atoms with van der Waals surface area (Å²) in [7, 11) is 0. The molecule has 2 saturated carbocycles. The summed E-state index contributed by atoms with van der Waals surface area (Å²) >= 11 is 0. The second kappa shape index (κ2) is 8.38. The van der Waals surface area contributed by atoms with Crippen LogP contribution in [0.5, 0.6) is 0 Å². The molecule has 0 bridgehead atoms. The Bertz CT molecular complexity index is 260. The average molecular weight is 281 g/mol. The molecule has 2 rings (SSSR count). The Balaban J connectivity index is 1.97. The van der Waals surface area contributed by atoms with Crippen molar-refractivity contribution in [1.29, 1.82) is 0 Å². The number of rotatable bonds is 8. The van der Waals surface area contributed by atoms with Gasteiger partial charge in [0.15, 0.2) is 0 Å². The third-order valence-electron chi connectivity index (χ3n) is 5.04. The van der Waals surface area contributed by atoms with E-state index in [9.17, 15) is 0 Å². The van der Waals surface area contributed by atoms with Gasteiger partial charge in [0.25, 0.3) is 0 Å². The number of hydrogen-bond acceptors (Lipinski definition) is 2. The van der Waals surface area contributed by atoms with E-state index < -0.39 is 0 Å². The second-order valence-corrected chi connectivity index (χ2v) is 7.42. The molecule has 2 nitrogen and oxygen atoms in total. The summed E-state index contributed by atoms with van der Waals surface area (Å²) in [5, 5.41) is 3.87. The first-order chi connectivity index (χ1) is 9.72. The van der Waals surface area contributed by atoms with Gasteiger partial charge in [0.05, 0.1) is 0 Å². The molecule has 118 valence electrons. The zero-order chi connectivity index (χ0) is 14.4. The van der Waals surface area contributed by atoms with Crippen molar-refractivity contribution in [2.75, 3.05) is 13.1 Å². The fourth-order valence-electron chi connectivity index (χ4n) is 3.69. The van der Waals surface area contributed by atoms with Crippen LogP contribution in [0.2, 0.25) is 0 Å². The molecule has 2 unspecified atom stereocenters. The molecule has 2 atom stereocenters. The molecule has 0 heterocycles. The maximum absolute atomic E-state index is 3.87. The standard InChI is InChI=1S/C18H36N2/c1-4-13-19-17-8-6-5-7-9-18(17)20(16-10-11-16)14-12-15(2)3/h15-19H,4-14H2,1-3H3. The van der Waals surface area contributed by atoms with Crippen LogP contribution < -0.4 is 5.32 Å². The highest BCUT2D eigenvalue weighted by Gasteiger charge is 2.37. The predicted octanol–water partition coefficient (Wildman–Crippen LogP) is 4.20. The van der Waals surface area contributed by atoms with Crippen LogP contribution in [0.3, 0.4) is 0 Å². The van der Waals surface area contributed by atoms with E-state index in [4.69, 9.17) is 0 Å². The van der Waals surface area contributed by atoms with Crippen LogP contribution >= 0.6 is 0 Å². The van der Waals surface area contributed by atoms with Crippen LogP contribution in [0.25, 0.3) is 0 Å². The first-order valence-corrected chi connectivity index (χ1v) is 9.21. The van der Waals surface area contributed by atoms with E-state index in [-0.39, 0.29) is 0 Å². The molecule has 0 amide bonds. The zero-order valence-corrected chi connectivity index (χ0v) is 14.0. The summed E-state index contributed by atoms with van der Waals surface area (Å²) in [6.07, 6.45) is 12.7. The van der Waals surface area contributed by atoms with Gasteiger partial charge in [-0.25, -0.2) is 0 Å². The van der Waals surface area contributed by atoms with Crippen molar-refractivity contribution in [3.63, 3.8) is 0 Å². The highest BCUT2D eigenvalue weighted by molar-refractivity contribution is 4.94. The first kappa shape index (κ1) is 16.3. The minimum Gasteiger partial charge on any atom is -0.312 e. The van der Waals surface area contributed by atoms with Gasteiger partial charge in [0, 0.05) is 18.1 Å². The van der Waals surface area contributed by atoms with E-state index in [2.05, 4.69) is 31.0 Å². The van der Waals surface area contributed by atoms with Gasteiger partial charge in [-0.2, -0.15) is 0 Å². The summed E-state index contributed by atoms with van der Waals surface area (Å²) in [4.78, 5) is 2.90. The molecule has 0 radical (unpaired) electrons. The first-order valence-electron chi connectivity index (χ1n) is 9.21. The third-order valence-corrected chi connectivity index (χ3v) is 5.04. The van der Waals surface area contributed by atoms with E-state index in [1.54, 1.807) is 0 Å². The van der Waals surface area contributed by atoms with Crippen molar-refractivity contribution >= 4 is 0 Å². The lowest BCUT2D eigenvalue weighted by atomic mass is 9.99. The maximum Gasteiger partial charge on any atom is 0.0252 e. The predicted molar refractivity (Wildman–Crippen MR) is 88.1 cm³/mol. The molecule has 2 fully saturated rings. The summed E-state index contributed by atoms with van der Waals surface area (Å²) in [6, 6.07) is 2.49. The Morgan fingerprint density at radius 1 is 1.05 bits per heavy atom. The minimum absolute atomic E-state index is 0.755. The van der Waals surface area contributed by atoms with E-state index in [0.717, 1.165) is 24.0 Å². The molecular weight excluding hydrogens is 244 g/mol. The Labute approximate surface area is 126 Å². The van der Waals surface area contributed by atoms with E-state index in [0.29, 0.717) is 0 Å². The van der Waals surface area contributed by atoms with Gasteiger partial charge in [0.1, 0.15) is 0 Å². The number of nitrogens with zero attached hydrogens (tertiary/aromatic N) is 1. The van der Waals surface area contributed by atoms with Crippen molar-refractivity contribution in [2.24, 2.45) is 5.92 Å². The summed E-state index contributed by atoms with van der Waals surface area (Å²) in [6.45, 7) is 9.55.